The van der Waals surface area contributed by atoms with Gasteiger partial charge in [0.1, 0.15) is 42.0 Å². The molecule has 3 amide bonds. The summed E-state index contributed by atoms with van der Waals surface area (Å²) in [6.45, 7) is 23.1. The largest absolute Gasteiger partial charge is 0.492 e. The van der Waals surface area contributed by atoms with Crippen LogP contribution in [0.3, 0.4) is 0 Å². The molecule has 0 saturated carbocycles. The Hall–Kier alpha value is -12.7. The number of thioether (sulfide) groups is 1. The predicted molar refractivity (Wildman–Crippen MR) is 449 cm³/mol. The van der Waals surface area contributed by atoms with Gasteiger partial charge in [0.05, 0.1) is 93.4 Å². The van der Waals surface area contributed by atoms with Crippen molar-refractivity contribution < 1.29 is 38.1 Å². The van der Waals surface area contributed by atoms with Crippen LogP contribution >= 0.6 is 11.8 Å². The smallest absolute Gasteiger partial charge is 0.247 e. The van der Waals surface area contributed by atoms with Gasteiger partial charge < -0.3 is 74.9 Å². The summed E-state index contributed by atoms with van der Waals surface area (Å²) < 4.78 is 35.5. The molecule has 6 N–H and O–H groups in total. The molecule has 0 saturated heterocycles. The number of ether oxygens (including phenoxy) is 5. The standard InChI is InChI=1S/C29H34N6O3.C27H31N7O3.C27H31N7O2S/c1-7-27(36)31-22-17-23(25(37-8-2)18-26(22)38-16-15-34(4)5)33-29-30-14-13-21(32-29)28-19(3)35(6)24-12-10-9-11-20(24)28;1-6-25(35)29-21-16-22(23(36-7-2)17-24(21)37-15-14-33(3)4)31-27-28-13-12-20(30-27)26-18-10-8-9-11-19(18)32-34(26)5;1-6-25(35)29-22-16-21(23(36-7-2)17-24(22)37-15-14-33(3)4)31-27-28-13-12-20(30-27)26-18-10-8-9-11-19(18)32-34(26)5/h7,9-14,17-18H,1,8,15-16H2,2-6H3,(H,31,36)(H,30,32,33);2*6,8-13,16-17H,1,7,14-15H2,2-5H3,(H,29,35)(H,28,30,31). The van der Waals surface area contributed by atoms with Crippen LogP contribution in [0.1, 0.15) is 26.5 Å². The molecule has 28 nitrogen and oxygen atoms in total. The van der Waals surface area contributed by atoms with Crippen molar-refractivity contribution >= 4 is 114 Å². The lowest BCUT2D eigenvalue weighted by atomic mass is 10.1. The molecule has 0 atom stereocenters. The van der Waals surface area contributed by atoms with Crippen molar-refractivity contribution in [2.75, 3.05) is 133 Å². The zero-order valence-corrected chi connectivity index (χ0v) is 66.3. The molecule has 0 aliphatic heterocycles. The molecule has 112 heavy (non-hydrogen) atoms. The molecule has 6 aromatic heterocycles. The fraction of sp³-hybridized carbons (Fsp3) is 0.265. The van der Waals surface area contributed by atoms with Crippen molar-refractivity contribution in [1.82, 2.24) is 68.7 Å². The molecular formula is C83H96N20O8S. The number of amides is 3. The highest BCUT2D eigenvalue weighted by Crippen LogP contribution is 2.43. The van der Waals surface area contributed by atoms with Crippen LogP contribution in [0.25, 0.3) is 66.7 Å². The first-order chi connectivity index (χ1) is 54.1. The van der Waals surface area contributed by atoms with Gasteiger partial charge in [-0.2, -0.15) is 10.2 Å². The first kappa shape index (κ1) is 81.8. The van der Waals surface area contributed by atoms with Gasteiger partial charge in [-0.3, -0.25) is 23.7 Å². The van der Waals surface area contributed by atoms with Crippen LogP contribution in [0.5, 0.6) is 28.7 Å². The first-order valence-corrected chi connectivity index (χ1v) is 37.3. The molecule has 29 heteroatoms. The van der Waals surface area contributed by atoms with E-state index in [2.05, 4.69) is 112 Å². The van der Waals surface area contributed by atoms with E-state index >= 15 is 0 Å². The number of likely N-dealkylation sites (N-methyl/N-ethyl adjacent to an activating group) is 2. The maximum atomic E-state index is 12.2. The Balaban J connectivity index is 0.000000178. The quantitative estimate of drug-likeness (QED) is 0.0164. The van der Waals surface area contributed by atoms with Gasteiger partial charge in [-0.1, -0.05) is 74.3 Å². The molecule has 0 aliphatic carbocycles. The van der Waals surface area contributed by atoms with Gasteiger partial charge in [0.15, 0.2) is 0 Å². The van der Waals surface area contributed by atoms with Gasteiger partial charge >= 0.3 is 0 Å². The van der Waals surface area contributed by atoms with Crippen LogP contribution in [0.15, 0.2) is 189 Å². The second-order valence-corrected chi connectivity index (χ2v) is 27.2. The lowest BCUT2D eigenvalue weighted by molar-refractivity contribution is -0.112. The van der Waals surface area contributed by atoms with Gasteiger partial charge in [-0.25, -0.2) is 29.9 Å². The molecule has 0 aliphatic rings. The molecule has 12 rings (SSSR count). The SMILES string of the molecule is C=CC(=O)Nc1cc(Nc2nccc(-c3c(C)n(C)c4ccccc34)n2)c(OCC)cc1OCCN(C)C.C=CC(=O)Nc1cc(Nc2nccc(-c3c4ccccc4nn3C)n2)c(OCC)cc1OCCN(C)C.C=CC(=O)Nc1cc(Nc2nccc(-c3c4ccccc4nn3C)n2)c(OCC)cc1SCCN(C)C. The van der Waals surface area contributed by atoms with E-state index in [1.165, 1.54) is 18.2 Å². The maximum Gasteiger partial charge on any atom is 0.247 e. The van der Waals surface area contributed by atoms with Crippen LogP contribution in [0.2, 0.25) is 0 Å². The van der Waals surface area contributed by atoms with Crippen molar-refractivity contribution in [3.8, 4) is 62.8 Å². The summed E-state index contributed by atoms with van der Waals surface area (Å²) in [6.07, 6.45) is 8.79. The Morgan fingerprint density at radius 3 is 1.26 bits per heavy atom. The van der Waals surface area contributed by atoms with E-state index in [1.807, 2.05) is 187 Å². The average Bonchev–Trinajstić information content (AvgIpc) is 1.62. The Bertz CT molecular complexity index is 5110. The Kier molecular flexibility index (Phi) is 28.6. The second-order valence-electron chi connectivity index (χ2n) is 26.1. The van der Waals surface area contributed by atoms with Gasteiger partial charge in [-0.05, 0) is 149 Å². The summed E-state index contributed by atoms with van der Waals surface area (Å²) in [5.74, 6) is 3.76. The number of para-hydroxylation sites is 1. The molecule has 6 aromatic carbocycles. The average molecular weight is 1530 g/mol. The minimum atomic E-state index is -0.353. The number of hydrogen-bond acceptors (Lipinski definition) is 23. The van der Waals surface area contributed by atoms with Crippen LogP contribution < -0.4 is 55.6 Å². The number of nitrogens with one attached hydrogen (secondary N) is 6. The van der Waals surface area contributed by atoms with E-state index in [4.69, 9.17) is 38.6 Å². The topological polar surface area (TPSA) is 297 Å². The number of anilines is 9. The van der Waals surface area contributed by atoms with E-state index < -0.39 is 0 Å². The molecule has 0 unspecified atom stereocenters. The number of hydrogen-bond donors (Lipinski definition) is 6. The number of aryl methyl sites for hydroxylation is 3. The van der Waals surface area contributed by atoms with E-state index in [-0.39, 0.29) is 17.7 Å². The Labute approximate surface area is 656 Å². The van der Waals surface area contributed by atoms with Crippen LogP contribution in [-0.2, 0) is 35.5 Å². The van der Waals surface area contributed by atoms with Crippen molar-refractivity contribution in [2.45, 2.75) is 32.6 Å². The summed E-state index contributed by atoms with van der Waals surface area (Å²) in [5, 5.41) is 30.7. The molecule has 0 bridgehead atoms. The third-order valence-electron chi connectivity index (χ3n) is 17.2. The van der Waals surface area contributed by atoms with E-state index in [9.17, 15) is 14.4 Å². The van der Waals surface area contributed by atoms with Crippen molar-refractivity contribution in [1.29, 1.82) is 0 Å². The highest BCUT2D eigenvalue weighted by Gasteiger charge is 2.23. The molecular weight excluding hydrogens is 1440 g/mol. The number of fused-ring (bicyclic) bond motifs is 3. The zero-order valence-electron chi connectivity index (χ0n) is 65.5. The lowest BCUT2D eigenvalue weighted by Crippen LogP contribution is -2.20. The number of rotatable bonds is 33. The first-order valence-electron chi connectivity index (χ1n) is 36.3. The summed E-state index contributed by atoms with van der Waals surface area (Å²) in [6, 6.07) is 40.5. The van der Waals surface area contributed by atoms with Crippen molar-refractivity contribution in [2.24, 2.45) is 21.1 Å². The summed E-state index contributed by atoms with van der Waals surface area (Å²) in [7, 11) is 17.8. The number of carbonyl (C=O) groups is 3. The third-order valence-corrected chi connectivity index (χ3v) is 18.2. The number of carbonyl (C=O) groups excluding carboxylic acids is 3. The van der Waals surface area contributed by atoms with Crippen molar-refractivity contribution in [3.05, 3.63) is 190 Å². The Morgan fingerprint density at radius 2 is 0.830 bits per heavy atom. The van der Waals surface area contributed by atoms with Gasteiger partial charge in [0, 0.05) is 115 Å². The summed E-state index contributed by atoms with van der Waals surface area (Å²) in [5.41, 5.74) is 12.6. The van der Waals surface area contributed by atoms with Crippen molar-refractivity contribution in [3.63, 3.8) is 0 Å². The second kappa shape index (κ2) is 39.1. The molecule has 0 spiro atoms. The van der Waals surface area contributed by atoms with Gasteiger partial charge in [0.2, 0.25) is 35.6 Å². The van der Waals surface area contributed by atoms with E-state index in [0.717, 1.165) is 89.6 Å². The van der Waals surface area contributed by atoms with Gasteiger partial charge in [-0.15, -0.1) is 11.8 Å². The van der Waals surface area contributed by atoms with Crippen LogP contribution in [-0.4, -0.2) is 187 Å². The Morgan fingerprint density at radius 1 is 0.455 bits per heavy atom. The fourth-order valence-electron chi connectivity index (χ4n) is 11.8. The number of benzene rings is 6. The monoisotopic (exact) mass is 1530 g/mol. The van der Waals surface area contributed by atoms with E-state index in [0.29, 0.717) is 127 Å². The van der Waals surface area contributed by atoms with Crippen LogP contribution in [0.4, 0.5) is 52.0 Å². The maximum absolute atomic E-state index is 12.2. The summed E-state index contributed by atoms with van der Waals surface area (Å²) >= 11 is 1.65. The zero-order chi connectivity index (χ0) is 80.0. The lowest BCUT2D eigenvalue weighted by Gasteiger charge is -2.19. The minimum absolute atomic E-state index is 0.286. The minimum Gasteiger partial charge on any atom is -0.492 e. The third kappa shape index (κ3) is 21.0. The normalized spacial score (nSPS) is 11.0. The molecule has 12 aromatic rings. The van der Waals surface area contributed by atoms with E-state index in [1.54, 1.807) is 54.6 Å². The predicted octanol–water partition coefficient (Wildman–Crippen LogP) is 14.3. The fourth-order valence-corrected chi connectivity index (χ4v) is 12.9. The number of aromatic nitrogens is 11. The highest BCUT2D eigenvalue weighted by molar-refractivity contribution is 7.99. The van der Waals surface area contributed by atoms with Crippen LogP contribution in [0, 0.1) is 6.92 Å². The van der Waals surface area contributed by atoms with Gasteiger partial charge in [0.25, 0.3) is 0 Å². The molecule has 0 radical (unpaired) electrons. The number of nitrogens with zero attached hydrogens (tertiary/aromatic N) is 14. The molecule has 6 heterocycles. The summed E-state index contributed by atoms with van der Waals surface area (Å²) in [4.78, 5) is 71.2. The molecule has 0 fully saturated rings. The highest BCUT2D eigenvalue weighted by atomic mass is 32.2. The molecule has 582 valence electrons.